The first-order chi connectivity index (χ1) is 20.2. The Balaban J connectivity index is 1.43. The first-order valence-electron chi connectivity index (χ1n) is 14.7. The molecule has 7 nitrogen and oxygen atoms in total. The number of aromatic nitrogens is 2. The summed E-state index contributed by atoms with van der Waals surface area (Å²) in [5, 5.41) is 4.73. The van der Waals surface area contributed by atoms with Crippen molar-refractivity contribution >= 4 is 22.6 Å². The predicted octanol–water partition coefficient (Wildman–Crippen LogP) is 6.97. The van der Waals surface area contributed by atoms with Gasteiger partial charge in [0, 0.05) is 29.9 Å². The minimum absolute atomic E-state index is 0.0713. The quantitative estimate of drug-likeness (QED) is 0.221. The van der Waals surface area contributed by atoms with Crippen LogP contribution in [0, 0.1) is 5.92 Å². The third kappa shape index (κ3) is 7.14. The normalized spacial score (nSPS) is 14.5. The summed E-state index contributed by atoms with van der Waals surface area (Å²) in [7, 11) is 1.32. The van der Waals surface area contributed by atoms with Gasteiger partial charge in [0.25, 0.3) is 5.91 Å². The average molecular weight is 566 g/mol. The van der Waals surface area contributed by atoms with Crippen molar-refractivity contribution in [2.45, 2.75) is 70.8 Å². The van der Waals surface area contributed by atoms with Gasteiger partial charge in [-0.3, -0.25) is 9.78 Å². The number of amides is 1. The summed E-state index contributed by atoms with van der Waals surface area (Å²) < 4.78 is 11.2. The van der Waals surface area contributed by atoms with Gasteiger partial charge in [-0.25, -0.2) is 9.78 Å². The van der Waals surface area contributed by atoms with Gasteiger partial charge in [0.15, 0.2) is 0 Å². The van der Waals surface area contributed by atoms with E-state index in [-0.39, 0.29) is 17.5 Å². The molecule has 0 bridgehead atoms. The summed E-state index contributed by atoms with van der Waals surface area (Å²) in [6, 6.07) is 18.7. The number of methoxy groups -OCH3 is 1. The van der Waals surface area contributed by atoms with Crippen LogP contribution in [0.5, 0.6) is 11.5 Å². The number of hydrogen-bond acceptors (Lipinski definition) is 6. The highest BCUT2D eigenvalue weighted by Crippen LogP contribution is 2.33. The maximum atomic E-state index is 13.5. The zero-order valence-electron chi connectivity index (χ0n) is 24.9. The van der Waals surface area contributed by atoms with Crippen molar-refractivity contribution in [3.63, 3.8) is 0 Å². The SMILES string of the molecule is COC(=O)[C@H](Cc1cccnc1)NC(=O)c1cc2ccc(Oc3ccc(C(C)(C)C)cc3)cc2c(CC2CCCC2)n1. The van der Waals surface area contributed by atoms with E-state index in [1.807, 2.05) is 36.4 Å². The Bertz CT molecular complexity index is 1540. The standard InChI is InChI=1S/C35H39N3O4/c1-35(2,3)26-12-15-27(16-13-26)42-28-14-11-25-20-31(37-30(29(25)21-28)18-23-8-5-6-9-23)33(39)38-32(34(40)41-4)19-24-10-7-17-36-22-24/h7,10-17,20-23,32H,5-6,8-9,18-19H2,1-4H3,(H,38,39)/t32-/m0/s1. The van der Waals surface area contributed by atoms with Crippen molar-refractivity contribution in [3.05, 3.63) is 95.6 Å². The number of carbonyl (C=O) groups is 2. The zero-order chi connectivity index (χ0) is 29.7. The van der Waals surface area contributed by atoms with E-state index in [0.29, 0.717) is 5.92 Å². The number of fused-ring (bicyclic) bond motifs is 1. The lowest BCUT2D eigenvalue weighted by molar-refractivity contribution is -0.142. The van der Waals surface area contributed by atoms with E-state index in [0.717, 1.165) is 52.8 Å². The van der Waals surface area contributed by atoms with Crippen molar-refractivity contribution < 1.29 is 19.1 Å². The molecule has 1 aliphatic carbocycles. The van der Waals surface area contributed by atoms with Gasteiger partial charge in [-0.1, -0.05) is 70.7 Å². The maximum absolute atomic E-state index is 13.5. The van der Waals surface area contributed by atoms with E-state index < -0.39 is 17.9 Å². The Morgan fingerprint density at radius 1 is 1.00 bits per heavy atom. The molecule has 1 atom stereocenters. The zero-order valence-corrected chi connectivity index (χ0v) is 24.9. The number of benzene rings is 2. The summed E-state index contributed by atoms with van der Waals surface area (Å²) in [6.45, 7) is 6.57. The summed E-state index contributed by atoms with van der Waals surface area (Å²) in [5.74, 6) is 1.09. The van der Waals surface area contributed by atoms with Crippen molar-refractivity contribution in [3.8, 4) is 11.5 Å². The number of pyridine rings is 2. The summed E-state index contributed by atoms with van der Waals surface area (Å²) in [6.07, 6.45) is 9.15. The second kappa shape index (κ2) is 12.7. The topological polar surface area (TPSA) is 90.4 Å². The number of nitrogens with one attached hydrogen (secondary N) is 1. The lowest BCUT2D eigenvalue weighted by Gasteiger charge is -2.19. The Hall–Kier alpha value is -4.26. The number of nitrogens with zero attached hydrogens (tertiary/aromatic N) is 2. The molecule has 42 heavy (non-hydrogen) atoms. The van der Waals surface area contributed by atoms with E-state index >= 15 is 0 Å². The summed E-state index contributed by atoms with van der Waals surface area (Å²) >= 11 is 0. The van der Waals surface area contributed by atoms with Crippen LogP contribution in [0.2, 0.25) is 0 Å². The van der Waals surface area contributed by atoms with Crippen molar-refractivity contribution in [1.82, 2.24) is 15.3 Å². The fourth-order valence-corrected chi connectivity index (χ4v) is 5.60. The minimum atomic E-state index is -0.858. The van der Waals surface area contributed by atoms with E-state index in [9.17, 15) is 9.59 Å². The highest BCUT2D eigenvalue weighted by Gasteiger charge is 2.25. The van der Waals surface area contributed by atoms with Gasteiger partial charge >= 0.3 is 5.97 Å². The summed E-state index contributed by atoms with van der Waals surface area (Å²) in [4.78, 5) is 35.0. The number of hydrogen-bond donors (Lipinski definition) is 1. The van der Waals surface area contributed by atoms with Crippen LogP contribution in [0.25, 0.3) is 10.8 Å². The molecule has 1 N–H and O–H groups in total. The highest BCUT2D eigenvalue weighted by atomic mass is 16.5. The van der Waals surface area contributed by atoms with Crippen LogP contribution in [0.3, 0.4) is 0 Å². The third-order valence-corrected chi connectivity index (χ3v) is 7.98. The molecule has 7 heteroatoms. The van der Waals surface area contributed by atoms with E-state index in [1.165, 1.54) is 25.5 Å². The summed E-state index contributed by atoms with van der Waals surface area (Å²) in [5.41, 5.74) is 3.29. The fourth-order valence-electron chi connectivity index (χ4n) is 5.60. The minimum Gasteiger partial charge on any atom is -0.467 e. The van der Waals surface area contributed by atoms with Gasteiger partial charge in [0.05, 0.1) is 7.11 Å². The molecule has 5 rings (SSSR count). The Kier molecular flexibility index (Phi) is 8.86. The maximum Gasteiger partial charge on any atom is 0.328 e. The number of esters is 1. The van der Waals surface area contributed by atoms with Crippen molar-refractivity contribution in [2.75, 3.05) is 7.11 Å². The van der Waals surface area contributed by atoms with Gasteiger partial charge in [0.2, 0.25) is 0 Å². The van der Waals surface area contributed by atoms with Crippen molar-refractivity contribution in [2.24, 2.45) is 5.92 Å². The fraction of sp³-hybridized carbons (Fsp3) is 0.371. The van der Waals surface area contributed by atoms with Gasteiger partial charge in [0.1, 0.15) is 23.2 Å². The third-order valence-electron chi connectivity index (χ3n) is 7.98. The first-order valence-corrected chi connectivity index (χ1v) is 14.7. The van der Waals surface area contributed by atoms with Crippen LogP contribution in [0.15, 0.2) is 73.1 Å². The largest absolute Gasteiger partial charge is 0.467 e. The number of ether oxygens (including phenoxy) is 2. The van der Waals surface area contributed by atoms with Crippen LogP contribution >= 0.6 is 0 Å². The average Bonchev–Trinajstić information content (AvgIpc) is 3.50. The predicted molar refractivity (Wildman–Crippen MR) is 164 cm³/mol. The van der Waals surface area contributed by atoms with E-state index in [2.05, 4.69) is 43.2 Å². The molecule has 1 saturated carbocycles. The molecule has 0 spiro atoms. The molecule has 218 valence electrons. The number of rotatable bonds is 9. The van der Waals surface area contributed by atoms with Crippen LogP contribution in [-0.4, -0.2) is 35.0 Å². The molecule has 4 aromatic rings. The monoisotopic (exact) mass is 565 g/mol. The lowest BCUT2D eigenvalue weighted by atomic mass is 9.87. The molecule has 1 aliphatic rings. The molecule has 2 aromatic heterocycles. The number of carbonyl (C=O) groups excluding carboxylic acids is 2. The van der Waals surface area contributed by atoms with Gasteiger partial charge in [-0.05, 0) is 70.7 Å². The van der Waals surface area contributed by atoms with Gasteiger partial charge in [-0.15, -0.1) is 0 Å². The molecular formula is C35H39N3O4. The molecule has 1 amide bonds. The van der Waals surface area contributed by atoms with Crippen LogP contribution < -0.4 is 10.1 Å². The van der Waals surface area contributed by atoms with Gasteiger partial charge < -0.3 is 14.8 Å². The lowest BCUT2D eigenvalue weighted by Crippen LogP contribution is -2.43. The Morgan fingerprint density at radius 3 is 2.40 bits per heavy atom. The van der Waals surface area contributed by atoms with Gasteiger partial charge in [-0.2, -0.15) is 0 Å². The Labute approximate surface area is 247 Å². The van der Waals surface area contributed by atoms with Crippen LogP contribution in [-0.2, 0) is 27.8 Å². The van der Waals surface area contributed by atoms with E-state index in [4.69, 9.17) is 14.5 Å². The van der Waals surface area contributed by atoms with Crippen LogP contribution in [0.1, 0.15) is 73.8 Å². The molecule has 1 fully saturated rings. The second-order valence-corrected chi connectivity index (χ2v) is 12.2. The molecule has 0 aliphatic heterocycles. The van der Waals surface area contributed by atoms with E-state index in [1.54, 1.807) is 24.5 Å². The Morgan fingerprint density at radius 2 is 1.74 bits per heavy atom. The smallest absolute Gasteiger partial charge is 0.328 e. The molecule has 0 saturated heterocycles. The highest BCUT2D eigenvalue weighted by molar-refractivity contribution is 5.99. The molecule has 2 aromatic carbocycles. The molecule has 2 heterocycles. The van der Waals surface area contributed by atoms with Crippen molar-refractivity contribution in [1.29, 1.82) is 0 Å². The second-order valence-electron chi connectivity index (χ2n) is 12.2. The molecule has 0 radical (unpaired) electrons. The van der Waals surface area contributed by atoms with Crippen LogP contribution in [0.4, 0.5) is 0 Å². The first kappa shape index (κ1) is 29.2. The molecule has 0 unspecified atom stereocenters. The molecular weight excluding hydrogens is 526 g/mol.